The zero-order chi connectivity index (χ0) is 10.6. The van der Waals surface area contributed by atoms with Crippen molar-refractivity contribution < 1.29 is 0 Å². The van der Waals surface area contributed by atoms with Crippen molar-refractivity contribution in [3.8, 4) is 0 Å². The van der Waals surface area contributed by atoms with Gasteiger partial charge in [-0.1, -0.05) is 13.8 Å². The van der Waals surface area contributed by atoms with Crippen LogP contribution in [-0.2, 0) is 0 Å². The molecule has 0 saturated carbocycles. The lowest BCUT2D eigenvalue weighted by atomic mass is 10.2. The number of nitrogens with one attached hydrogen (secondary N) is 1. The van der Waals surface area contributed by atoms with Crippen LogP contribution in [0.1, 0.15) is 24.6 Å². The Balaban J connectivity index is 2.36. The van der Waals surface area contributed by atoms with Crippen molar-refractivity contribution >= 4 is 16.5 Å². The van der Waals surface area contributed by atoms with Gasteiger partial charge in [0.1, 0.15) is 0 Å². The van der Waals surface area contributed by atoms with Crippen molar-refractivity contribution in [3.63, 3.8) is 0 Å². The molecule has 0 aliphatic rings. The van der Waals surface area contributed by atoms with Crippen molar-refractivity contribution in [3.05, 3.63) is 11.1 Å². The molecule has 0 fully saturated rings. The van der Waals surface area contributed by atoms with E-state index in [1.807, 2.05) is 6.20 Å². The Morgan fingerprint density at radius 2 is 2.21 bits per heavy atom. The normalized spacial score (nSPS) is 11.3. The summed E-state index contributed by atoms with van der Waals surface area (Å²) in [4.78, 5) is 7.82. The molecule has 0 aliphatic heterocycles. The molecule has 3 nitrogen and oxygen atoms in total. The summed E-state index contributed by atoms with van der Waals surface area (Å²) in [5.41, 5.74) is 0. The van der Waals surface area contributed by atoms with Crippen LogP contribution in [0.2, 0.25) is 0 Å². The first-order valence-corrected chi connectivity index (χ1v) is 5.75. The van der Waals surface area contributed by atoms with Crippen LogP contribution < -0.4 is 5.32 Å². The molecule has 0 saturated heterocycles. The van der Waals surface area contributed by atoms with Crippen LogP contribution in [-0.4, -0.2) is 37.1 Å². The predicted octanol–water partition coefficient (Wildman–Crippen LogP) is 2.24. The fourth-order valence-corrected chi connectivity index (χ4v) is 1.87. The molecule has 0 radical (unpaired) electrons. The summed E-state index contributed by atoms with van der Waals surface area (Å²) in [7, 11) is 4.14. The Labute approximate surface area is 90.2 Å². The van der Waals surface area contributed by atoms with E-state index in [-0.39, 0.29) is 0 Å². The van der Waals surface area contributed by atoms with Gasteiger partial charge < -0.3 is 10.2 Å². The number of likely N-dealkylation sites (N-methyl/N-ethyl adjacent to an activating group) is 1. The number of hydrogen-bond acceptors (Lipinski definition) is 4. The van der Waals surface area contributed by atoms with Crippen LogP contribution in [0, 0.1) is 0 Å². The molecule has 0 aliphatic carbocycles. The molecule has 1 rings (SSSR count). The second-order valence-electron chi connectivity index (χ2n) is 3.95. The van der Waals surface area contributed by atoms with Gasteiger partial charge in [0.05, 0.1) is 0 Å². The topological polar surface area (TPSA) is 28.2 Å². The van der Waals surface area contributed by atoms with Crippen LogP contribution in [0.15, 0.2) is 6.20 Å². The zero-order valence-corrected chi connectivity index (χ0v) is 10.2. The Hall–Kier alpha value is -0.610. The molecule has 0 atom stereocenters. The fourth-order valence-electron chi connectivity index (χ4n) is 1.02. The number of rotatable bonds is 5. The van der Waals surface area contributed by atoms with E-state index in [4.69, 9.17) is 0 Å². The maximum absolute atomic E-state index is 4.32. The van der Waals surface area contributed by atoms with E-state index in [1.54, 1.807) is 11.3 Å². The molecule has 1 heterocycles. The predicted molar refractivity (Wildman–Crippen MR) is 63.2 cm³/mol. The highest BCUT2D eigenvalue weighted by atomic mass is 32.1. The summed E-state index contributed by atoms with van der Waals surface area (Å²) in [6, 6.07) is 0. The van der Waals surface area contributed by atoms with Crippen LogP contribution in [0.5, 0.6) is 0 Å². The fraction of sp³-hybridized carbons (Fsp3) is 0.700. The van der Waals surface area contributed by atoms with Crippen molar-refractivity contribution in [2.24, 2.45) is 0 Å². The van der Waals surface area contributed by atoms with E-state index in [9.17, 15) is 0 Å². The smallest absolute Gasteiger partial charge is 0.182 e. The molecular weight excluding hydrogens is 194 g/mol. The molecule has 4 heteroatoms. The summed E-state index contributed by atoms with van der Waals surface area (Å²) in [6.45, 7) is 6.38. The summed E-state index contributed by atoms with van der Waals surface area (Å²) < 4.78 is 0. The highest BCUT2D eigenvalue weighted by Crippen LogP contribution is 2.24. The Bertz CT molecular complexity index is 268. The van der Waals surface area contributed by atoms with E-state index in [0.717, 1.165) is 18.2 Å². The Kier molecular flexibility index (Phi) is 4.35. The average Bonchev–Trinajstić information content (AvgIpc) is 2.52. The maximum Gasteiger partial charge on any atom is 0.182 e. The van der Waals surface area contributed by atoms with E-state index < -0.39 is 0 Å². The van der Waals surface area contributed by atoms with E-state index in [1.165, 1.54) is 4.88 Å². The molecule has 0 spiro atoms. The van der Waals surface area contributed by atoms with Crippen molar-refractivity contribution in [1.29, 1.82) is 0 Å². The summed E-state index contributed by atoms with van der Waals surface area (Å²) >= 11 is 1.75. The second-order valence-corrected chi connectivity index (χ2v) is 5.01. The molecule has 1 aromatic heterocycles. The standard InChI is InChI=1S/C10H19N3S/c1-8(2)9-7-12-10(14-9)11-5-6-13(3)4/h7-8H,5-6H2,1-4H3,(H,11,12). The number of nitrogens with zero attached hydrogens (tertiary/aromatic N) is 2. The lowest BCUT2D eigenvalue weighted by Crippen LogP contribution is -2.20. The van der Waals surface area contributed by atoms with E-state index in [0.29, 0.717) is 5.92 Å². The highest BCUT2D eigenvalue weighted by molar-refractivity contribution is 7.15. The largest absolute Gasteiger partial charge is 0.360 e. The van der Waals surface area contributed by atoms with E-state index in [2.05, 4.69) is 43.1 Å². The lowest BCUT2D eigenvalue weighted by Gasteiger charge is -2.09. The molecule has 0 unspecified atom stereocenters. The lowest BCUT2D eigenvalue weighted by molar-refractivity contribution is 0.425. The number of aromatic nitrogens is 1. The molecule has 1 N–H and O–H groups in total. The average molecular weight is 213 g/mol. The van der Waals surface area contributed by atoms with Crippen LogP contribution in [0.3, 0.4) is 0 Å². The minimum Gasteiger partial charge on any atom is -0.360 e. The van der Waals surface area contributed by atoms with Gasteiger partial charge in [0.2, 0.25) is 0 Å². The van der Waals surface area contributed by atoms with Gasteiger partial charge in [-0.25, -0.2) is 4.98 Å². The zero-order valence-electron chi connectivity index (χ0n) is 9.37. The summed E-state index contributed by atoms with van der Waals surface area (Å²) in [5, 5.41) is 4.35. The third kappa shape index (κ3) is 3.64. The molecular formula is C10H19N3S. The van der Waals surface area contributed by atoms with Crippen LogP contribution >= 0.6 is 11.3 Å². The number of anilines is 1. The first-order valence-electron chi connectivity index (χ1n) is 4.94. The van der Waals surface area contributed by atoms with Crippen molar-refractivity contribution in [1.82, 2.24) is 9.88 Å². The number of thiazole rings is 1. The minimum atomic E-state index is 0.580. The van der Waals surface area contributed by atoms with Gasteiger partial charge in [-0.3, -0.25) is 0 Å². The molecule has 0 aromatic carbocycles. The minimum absolute atomic E-state index is 0.580. The maximum atomic E-state index is 4.32. The van der Waals surface area contributed by atoms with Gasteiger partial charge in [-0.15, -0.1) is 11.3 Å². The summed E-state index contributed by atoms with van der Waals surface area (Å²) in [6.07, 6.45) is 1.97. The van der Waals surface area contributed by atoms with Gasteiger partial charge in [-0.2, -0.15) is 0 Å². The first kappa shape index (κ1) is 11.5. The molecule has 14 heavy (non-hydrogen) atoms. The number of hydrogen-bond donors (Lipinski definition) is 1. The third-order valence-corrected chi connectivity index (χ3v) is 3.18. The second kappa shape index (κ2) is 5.32. The first-order chi connectivity index (χ1) is 6.59. The van der Waals surface area contributed by atoms with Gasteiger partial charge in [0.25, 0.3) is 0 Å². The van der Waals surface area contributed by atoms with Crippen molar-refractivity contribution in [2.75, 3.05) is 32.5 Å². The monoisotopic (exact) mass is 213 g/mol. The summed E-state index contributed by atoms with van der Waals surface area (Å²) in [5.74, 6) is 0.580. The van der Waals surface area contributed by atoms with Gasteiger partial charge >= 0.3 is 0 Å². The molecule has 0 amide bonds. The molecule has 0 bridgehead atoms. The van der Waals surface area contributed by atoms with Crippen molar-refractivity contribution in [2.45, 2.75) is 19.8 Å². The highest BCUT2D eigenvalue weighted by Gasteiger charge is 2.04. The SMILES string of the molecule is CC(C)c1cnc(NCCN(C)C)s1. The Morgan fingerprint density at radius 3 is 2.71 bits per heavy atom. The van der Waals surface area contributed by atoms with Gasteiger partial charge in [0.15, 0.2) is 5.13 Å². The van der Waals surface area contributed by atoms with E-state index >= 15 is 0 Å². The Morgan fingerprint density at radius 1 is 1.50 bits per heavy atom. The van der Waals surface area contributed by atoms with Crippen LogP contribution in [0.4, 0.5) is 5.13 Å². The van der Waals surface area contributed by atoms with Gasteiger partial charge in [-0.05, 0) is 20.0 Å². The quantitative estimate of drug-likeness (QED) is 0.813. The third-order valence-electron chi connectivity index (χ3n) is 1.93. The van der Waals surface area contributed by atoms with Crippen LogP contribution in [0.25, 0.3) is 0 Å². The van der Waals surface area contributed by atoms with Gasteiger partial charge in [0, 0.05) is 24.2 Å². The molecule has 1 aromatic rings. The molecule has 80 valence electrons.